The molecule has 1 saturated heterocycles. The van der Waals surface area contributed by atoms with Gasteiger partial charge in [0.1, 0.15) is 0 Å². The summed E-state index contributed by atoms with van der Waals surface area (Å²) in [5.41, 5.74) is 7.30. The van der Waals surface area contributed by atoms with Crippen molar-refractivity contribution in [1.29, 1.82) is 0 Å². The van der Waals surface area contributed by atoms with E-state index in [1.165, 1.54) is 12.8 Å². The first-order valence-electron chi connectivity index (χ1n) is 8.86. The van der Waals surface area contributed by atoms with Crippen LogP contribution >= 0.6 is 0 Å². The Labute approximate surface area is 153 Å². The fourth-order valence-corrected chi connectivity index (χ4v) is 3.23. The fraction of sp³-hybridized carbons (Fsp3) is 0.300. The van der Waals surface area contributed by atoms with E-state index in [0.717, 1.165) is 25.2 Å². The lowest BCUT2D eigenvalue weighted by Gasteiger charge is -2.25. The van der Waals surface area contributed by atoms with Crippen LogP contribution in [-0.4, -0.2) is 36.5 Å². The number of nitrogens with zero attached hydrogens (tertiary/aromatic N) is 1. The maximum Gasteiger partial charge on any atom is 0.316 e. The summed E-state index contributed by atoms with van der Waals surface area (Å²) < 4.78 is 0. The second-order valence-corrected chi connectivity index (χ2v) is 6.51. The van der Waals surface area contributed by atoms with Gasteiger partial charge in [-0.3, -0.25) is 4.79 Å². The SMILES string of the molecule is NC(=O)Nc1ccc(C(=O)NC(CN2CCCC2)c2ccccc2)cc1. The maximum atomic E-state index is 12.7. The normalized spacial score (nSPS) is 15.4. The van der Waals surface area contributed by atoms with Crippen LogP contribution in [-0.2, 0) is 0 Å². The number of urea groups is 1. The monoisotopic (exact) mass is 352 g/mol. The number of hydrogen-bond acceptors (Lipinski definition) is 3. The largest absolute Gasteiger partial charge is 0.351 e. The van der Waals surface area contributed by atoms with E-state index in [9.17, 15) is 9.59 Å². The van der Waals surface area contributed by atoms with Crippen LogP contribution in [0.15, 0.2) is 54.6 Å². The van der Waals surface area contributed by atoms with Crippen LogP contribution in [0.25, 0.3) is 0 Å². The van der Waals surface area contributed by atoms with E-state index in [-0.39, 0.29) is 11.9 Å². The molecule has 0 spiro atoms. The number of rotatable bonds is 6. The first-order valence-corrected chi connectivity index (χ1v) is 8.86. The molecule has 4 N–H and O–H groups in total. The average molecular weight is 352 g/mol. The van der Waals surface area contributed by atoms with Crippen LogP contribution in [0.3, 0.4) is 0 Å². The number of amides is 3. The number of primary amides is 1. The summed E-state index contributed by atoms with van der Waals surface area (Å²) in [6.07, 6.45) is 2.42. The van der Waals surface area contributed by atoms with Crippen LogP contribution in [0.2, 0.25) is 0 Å². The van der Waals surface area contributed by atoms with Gasteiger partial charge >= 0.3 is 6.03 Å². The summed E-state index contributed by atoms with van der Waals surface area (Å²) in [4.78, 5) is 26.0. The summed E-state index contributed by atoms with van der Waals surface area (Å²) in [5.74, 6) is -0.135. The second-order valence-electron chi connectivity index (χ2n) is 6.51. The van der Waals surface area contributed by atoms with Crippen molar-refractivity contribution in [3.8, 4) is 0 Å². The summed E-state index contributed by atoms with van der Waals surface area (Å²) in [6.45, 7) is 2.95. The lowest BCUT2D eigenvalue weighted by Crippen LogP contribution is -2.37. The van der Waals surface area contributed by atoms with Gasteiger partial charge in [-0.1, -0.05) is 30.3 Å². The molecule has 2 aromatic carbocycles. The first kappa shape index (κ1) is 17.9. The van der Waals surface area contributed by atoms with Crippen molar-refractivity contribution in [1.82, 2.24) is 10.2 Å². The molecule has 0 saturated carbocycles. The van der Waals surface area contributed by atoms with Crippen molar-refractivity contribution in [2.24, 2.45) is 5.73 Å². The van der Waals surface area contributed by atoms with Gasteiger partial charge in [-0.05, 0) is 55.8 Å². The Hall–Kier alpha value is -2.86. The molecule has 26 heavy (non-hydrogen) atoms. The van der Waals surface area contributed by atoms with E-state index in [0.29, 0.717) is 11.3 Å². The third-order valence-corrected chi connectivity index (χ3v) is 4.56. The minimum Gasteiger partial charge on any atom is -0.351 e. The molecule has 2 aromatic rings. The summed E-state index contributed by atoms with van der Waals surface area (Å²) >= 11 is 0. The molecule has 3 rings (SSSR count). The highest BCUT2D eigenvalue weighted by Gasteiger charge is 2.21. The maximum absolute atomic E-state index is 12.7. The van der Waals surface area contributed by atoms with E-state index < -0.39 is 6.03 Å². The number of carbonyl (C=O) groups is 2. The van der Waals surface area contributed by atoms with E-state index in [2.05, 4.69) is 15.5 Å². The average Bonchev–Trinajstić information content (AvgIpc) is 3.15. The Morgan fingerprint density at radius 1 is 1.00 bits per heavy atom. The number of anilines is 1. The van der Waals surface area contributed by atoms with Crippen LogP contribution in [0.4, 0.5) is 10.5 Å². The predicted molar refractivity (Wildman–Crippen MR) is 102 cm³/mol. The van der Waals surface area contributed by atoms with E-state index >= 15 is 0 Å². The number of likely N-dealkylation sites (tertiary alicyclic amines) is 1. The number of hydrogen-bond donors (Lipinski definition) is 3. The van der Waals surface area contributed by atoms with Gasteiger partial charge in [0.25, 0.3) is 5.91 Å². The van der Waals surface area contributed by atoms with Crippen LogP contribution in [0.1, 0.15) is 34.8 Å². The Morgan fingerprint density at radius 2 is 1.65 bits per heavy atom. The number of benzene rings is 2. The molecular weight excluding hydrogens is 328 g/mol. The molecule has 1 atom stereocenters. The Kier molecular flexibility index (Phi) is 5.86. The fourth-order valence-electron chi connectivity index (χ4n) is 3.23. The smallest absolute Gasteiger partial charge is 0.316 e. The minimum absolute atomic E-state index is 0.0646. The van der Waals surface area contributed by atoms with Crippen molar-refractivity contribution in [3.05, 3.63) is 65.7 Å². The molecule has 0 bridgehead atoms. The summed E-state index contributed by atoms with van der Waals surface area (Å²) in [6, 6.07) is 16.0. The highest BCUT2D eigenvalue weighted by Crippen LogP contribution is 2.19. The predicted octanol–water partition coefficient (Wildman–Crippen LogP) is 2.74. The molecule has 136 valence electrons. The topological polar surface area (TPSA) is 87.5 Å². The highest BCUT2D eigenvalue weighted by molar-refractivity contribution is 5.95. The minimum atomic E-state index is -0.628. The van der Waals surface area contributed by atoms with Crippen molar-refractivity contribution in [2.45, 2.75) is 18.9 Å². The summed E-state index contributed by atoms with van der Waals surface area (Å²) in [7, 11) is 0. The molecule has 1 unspecified atom stereocenters. The third-order valence-electron chi connectivity index (χ3n) is 4.56. The van der Waals surface area contributed by atoms with Crippen molar-refractivity contribution >= 4 is 17.6 Å². The zero-order valence-corrected chi connectivity index (χ0v) is 14.7. The van der Waals surface area contributed by atoms with Crippen LogP contribution < -0.4 is 16.4 Å². The van der Waals surface area contributed by atoms with Crippen LogP contribution in [0, 0.1) is 0 Å². The Morgan fingerprint density at radius 3 is 2.27 bits per heavy atom. The molecule has 0 radical (unpaired) electrons. The zero-order valence-electron chi connectivity index (χ0n) is 14.7. The Balaban J connectivity index is 1.70. The van der Waals surface area contributed by atoms with E-state index in [1.54, 1.807) is 24.3 Å². The lowest BCUT2D eigenvalue weighted by molar-refractivity contribution is 0.0927. The molecule has 1 heterocycles. The number of carbonyl (C=O) groups excluding carboxylic acids is 2. The van der Waals surface area contributed by atoms with E-state index in [4.69, 9.17) is 5.73 Å². The molecule has 0 aliphatic carbocycles. The standard InChI is InChI=1S/C20H24N4O2/c21-20(26)22-17-10-8-16(9-11-17)19(25)23-18(14-24-12-4-5-13-24)15-6-2-1-3-7-15/h1-3,6-11,18H,4-5,12-14H2,(H,23,25)(H3,21,22,26). The molecule has 3 amide bonds. The zero-order chi connectivity index (χ0) is 18.4. The van der Waals surface area contributed by atoms with Gasteiger partial charge in [-0.15, -0.1) is 0 Å². The molecular formula is C20H24N4O2. The molecule has 6 heteroatoms. The van der Waals surface area contributed by atoms with Gasteiger partial charge in [0.05, 0.1) is 6.04 Å². The van der Waals surface area contributed by atoms with Gasteiger partial charge in [0.2, 0.25) is 0 Å². The van der Waals surface area contributed by atoms with Crippen molar-refractivity contribution < 1.29 is 9.59 Å². The van der Waals surface area contributed by atoms with Crippen molar-refractivity contribution in [2.75, 3.05) is 25.0 Å². The number of nitrogens with two attached hydrogens (primary N) is 1. The first-order chi connectivity index (χ1) is 12.6. The number of nitrogens with one attached hydrogen (secondary N) is 2. The summed E-state index contributed by atoms with van der Waals surface area (Å²) in [5, 5.41) is 5.63. The van der Waals surface area contributed by atoms with Gasteiger partial charge in [0.15, 0.2) is 0 Å². The molecule has 0 aromatic heterocycles. The highest BCUT2D eigenvalue weighted by atomic mass is 16.2. The van der Waals surface area contributed by atoms with Crippen LogP contribution in [0.5, 0.6) is 0 Å². The molecule has 1 aliphatic rings. The molecule has 1 fully saturated rings. The van der Waals surface area contributed by atoms with E-state index in [1.807, 2.05) is 30.3 Å². The quantitative estimate of drug-likeness (QED) is 0.747. The Bertz CT molecular complexity index is 740. The molecule has 6 nitrogen and oxygen atoms in total. The second kappa shape index (κ2) is 8.49. The van der Waals surface area contributed by atoms with Gasteiger partial charge in [-0.2, -0.15) is 0 Å². The lowest BCUT2D eigenvalue weighted by atomic mass is 10.1. The van der Waals surface area contributed by atoms with Gasteiger partial charge < -0.3 is 21.3 Å². The van der Waals surface area contributed by atoms with Gasteiger partial charge in [0, 0.05) is 17.8 Å². The van der Waals surface area contributed by atoms with Gasteiger partial charge in [-0.25, -0.2) is 4.79 Å². The molecule has 1 aliphatic heterocycles. The van der Waals surface area contributed by atoms with Crippen molar-refractivity contribution in [3.63, 3.8) is 0 Å². The third kappa shape index (κ3) is 4.83.